The average Bonchev–Trinajstić information content (AvgIpc) is 3.02. The van der Waals surface area contributed by atoms with Crippen LogP contribution in [-0.2, 0) is 0 Å². The standard InChI is InChI=1S/C18H7Br2O2/c19-9-1-3-15-11(5-9)13-7-14-12-6-10(20)2-4-16(12)22-18(14)8-17(13)21-15/h1,3-8H/q+1. The molecule has 22 heavy (non-hydrogen) atoms. The molecule has 5 rings (SSSR count). The number of furan rings is 2. The Bertz CT molecular complexity index is 1140. The van der Waals surface area contributed by atoms with Crippen molar-refractivity contribution in [2.45, 2.75) is 0 Å². The van der Waals surface area contributed by atoms with E-state index in [9.17, 15) is 0 Å². The van der Waals surface area contributed by atoms with E-state index in [1.165, 1.54) is 0 Å². The van der Waals surface area contributed by atoms with Crippen molar-refractivity contribution in [2.75, 3.05) is 0 Å². The zero-order valence-electron chi connectivity index (χ0n) is 11.1. The van der Waals surface area contributed by atoms with E-state index in [0.29, 0.717) is 0 Å². The van der Waals surface area contributed by atoms with Gasteiger partial charge in [-0.25, -0.2) is 0 Å². The van der Waals surface area contributed by atoms with Gasteiger partial charge in [0, 0.05) is 21.3 Å². The van der Waals surface area contributed by atoms with Crippen molar-refractivity contribution in [1.29, 1.82) is 0 Å². The average molecular weight is 415 g/mol. The maximum Gasteiger partial charge on any atom is 0.250 e. The highest BCUT2D eigenvalue weighted by Gasteiger charge is 2.23. The fourth-order valence-electron chi connectivity index (χ4n) is 2.94. The van der Waals surface area contributed by atoms with Gasteiger partial charge >= 0.3 is 0 Å². The van der Waals surface area contributed by atoms with Gasteiger partial charge in [0.1, 0.15) is 22.8 Å². The molecule has 0 N–H and O–H groups in total. The third-order valence-electron chi connectivity index (χ3n) is 3.92. The van der Waals surface area contributed by atoms with Crippen LogP contribution in [-0.4, -0.2) is 0 Å². The quantitative estimate of drug-likeness (QED) is 0.300. The molecule has 0 saturated heterocycles. The van der Waals surface area contributed by atoms with Crippen LogP contribution >= 0.6 is 31.9 Å². The van der Waals surface area contributed by atoms with Crippen molar-refractivity contribution >= 4 is 76.9 Å². The number of halogens is 2. The maximum atomic E-state index is 5.94. The topological polar surface area (TPSA) is 26.3 Å². The van der Waals surface area contributed by atoms with Gasteiger partial charge < -0.3 is 8.83 Å². The Morgan fingerprint density at radius 2 is 1.64 bits per heavy atom. The van der Waals surface area contributed by atoms with Gasteiger partial charge in [0.15, 0.2) is 10.1 Å². The van der Waals surface area contributed by atoms with Crippen LogP contribution in [0.15, 0.2) is 48.1 Å². The predicted molar refractivity (Wildman–Crippen MR) is 95.8 cm³/mol. The van der Waals surface area contributed by atoms with Gasteiger partial charge in [-0.15, -0.1) is 0 Å². The molecule has 0 bridgehead atoms. The second-order valence-corrected chi connectivity index (χ2v) is 7.02. The molecule has 4 aromatic rings. The lowest BCUT2D eigenvalue weighted by Crippen LogP contribution is -1.80. The van der Waals surface area contributed by atoms with Crippen LogP contribution in [0.4, 0.5) is 0 Å². The van der Waals surface area contributed by atoms with E-state index in [2.05, 4.69) is 50.1 Å². The SMILES string of the molecule is BrC1=Cc2c(oc3cc4oc5ccc(Br)cc5c4cc23)C=[C+]1. The van der Waals surface area contributed by atoms with Crippen LogP contribution < -0.4 is 0 Å². The summed E-state index contributed by atoms with van der Waals surface area (Å²) >= 11 is 7.00. The molecule has 1 aliphatic rings. The zero-order chi connectivity index (χ0) is 14.8. The van der Waals surface area contributed by atoms with Gasteiger partial charge in [-0.1, -0.05) is 15.9 Å². The molecule has 0 aliphatic heterocycles. The Morgan fingerprint density at radius 1 is 0.818 bits per heavy atom. The summed E-state index contributed by atoms with van der Waals surface area (Å²) in [6.45, 7) is 0. The normalized spacial score (nSPS) is 13.6. The predicted octanol–water partition coefficient (Wildman–Crippen LogP) is 6.66. The minimum absolute atomic E-state index is 0.826. The fraction of sp³-hybridized carbons (Fsp3) is 0. The van der Waals surface area contributed by atoms with Crippen molar-refractivity contribution in [3.05, 3.63) is 56.7 Å². The maximum absolute atomic E-state index is 5.94. The second-order valence-electron chi connectivity index (χ2n) is 5.25. The highest BCUT2D eigenvalue weighted by atomic mass is 79.9. The number of benzene rings is 2. The first-order chi connectivity index (χ1) is 10.7. The van der Waals surface area contributed by atoms with E-state index in [-0.39, 0.29) is 0 Å². The minimum Gasteiger partial charge on any atom is -0.456 e. The molecular weight excluding hydrogens is 408 g/mol. The van der Waals surface area contributed by atoms with E-state index < -0.39 is 0 Å². The lowest BCUT2D eigenvalue weighted by Gasteiger charge is -1.92. The van der Waals surface area contributed by atoms with Gasteiger partial charge in [0.2, 0.25) is 5.76 Å². The first-order valence-corrected chi connectivity index (χ1v) is 8.33. The molecule has 0 spiro atoms. The highest BCUT2D eigenvalue weighted by molar-refractivity contribution is 9.12. The van der Waals surface area contributed by atoms with Gasteiger partial charge in [-0.3, -0.25) is 0 Å². The molecule has 4 heteroatoms. The first-order valence-electron chi connectivity index (χ1n) is 6.74. The largest absolute Gasteiger partial charge is 0.456 e. The minimum atomic E-state index is 0.826. The van der Waals surface area contributed by atoms with Gasteiger partial charge in [-0.05, 0) is 40.2 Å². The molecule has 0 unspecified atom stereocenters. The smallest absolute Gasteiger partial charge is 0.250 e. The van der Waals surface area contributed by atoms with Crippen molar-refractivity contribution in [3.8, 4) is 0 Å². The van der Waals surface area contributed by atoms with Crippen LogP contribution in [0.5, 0.6) is 0 Å². The second kappa shape index (κ2) is 4.32. The zero-order valence-corrected chi connectivity index (χ0v) is 14.3. The van der Waals surface area contributed by atoms with E-state index in [1.807, 2.05) is 30.4 Å². The van der Waals surface area contributed by atoms with Crippen molar-refractivity contribution in [1.82, 2.24) is 0 Å². The van der Waals surface area contributed by atoms with Gasteiger partial charge in [0.25, 0.3) is 0 Å². The van der Waals surface area contributed by atoms with Gasteiger partial charge in [0.05, 0.1) is 17.5 Å². The molecule has 2 aromatic carbocycles. The molecule has 2 heterocycles. The summed E-state index contributed by atoms with van der Waals surface area (Å²) in [5.74, 6) is 0.830. The first kappa shape index (κ1) is 12.7. The molecule has 104 valence electrons. The summed E-state index contributed by atoms with van der Waals surface area (Å²) in [5, 5.41) is 3.28. The summed E-state index contributed by atoms with van der Waals surface area (Å²) in [4.78, 5) is 0. The lowest BCUT2D eigenvalue weighted by atomic mass is 10.0. The van der Waals surface area contributed by atoms with Crippen molar-refractivity contribution in [2.24, 2.45) is 0 Å². The molecular formula is C18H7Br2O2+. The number of fused-ring (bicyclic) bond motifs is 6. The summed E-state index contributed by atoms with van der Waals surface area (Å²) < 4.78 is 13.8. The highest BCUT2D eigenvalue weighted by Crippen LogP contribution is 2.38. The van der Waals surface area contributed by atoms with Crippen molar-refractivity contribution in [3.63, 3.8) is 0 Å². The van der Waals surface area contributed by atoms with Crippen LogP contribution in [0.2, 0.25) is 0 Å². The number of allylic oxidation sites excluding steroid dienone is 2. The third-order valence-corrected chi connectivity index (χ3v) is 4.87. The van der Waals surface area contributed by atoms with Gasteiger partial charge in [-0.2, -0.15) is 0 Å². The summed E-state index contributed by atoms with van der Waals surface area (Å²) in [6, 6.07) is 10.1. The molecule has 2 aromatic heterocycles. The fourth-order valence-corrected chi connectivity index (χ4v) is 3.64. The molecule has 0 saturated carbocycles. The summed E-state index contributed by atoms with van der Waals surface area (Å²) in [5.41, 5.74) is 3.62. The van der Waals surface area contributed by atoms with Crippen LogP contribution in [0.3, 0.4) is 0 Å². The Morgan fingerprint density at radius 3 is 2.55 bits per heavy atom. The monoisotopic (exact) mass is 413 g/mol. The molecule has 0 atom stereocenters. The molecule has 2 nitrogen and oxygen atoms in total. The van der Waals surface area contributed by atoms with E-state index in [4.69, 9.17) is 8.83 Å². The lowest BCUT2D eigenvalue weighted by molar-refractivity contribution is 0.601. The van der Waals surface area contributed by atoms with E-state index >= 15 is 0 Å². The van der Waals surface area contributed by atoms with Crippen LogP contribution in [0.25, 0.3) is 45.1 Å². The Labute approximate surface area is 142 Å². The molecule has 1 aliphatic carbocycles. The molecule has 0 fully saturated rings. The number of hydrogen-bond acceptors (Lipinski definition) is 2. The summed E-state index contributed by atoms with van der Waals surface area (Å²) in [6.07, 6.45) is 6.99. The van der Waals surface area contributed by atoms with E-state index in [1.54, 1.807) is 0 Å². The Balaban J connectivity index is 1.95. The Kier molecular flexibility index (Phi) is 2.49. The number of hydrogen-bond donors (Lipinski definition) is 0. The van der Waals surface area contributed by atoms with Crippen LogP contribution in [0.1, 0.15) is 11.3 Å². The van der Waals surface area contributed by atoms with Crippen LogP contribution in [0, 0.1) is 6.08 Å². The molecule has 0 amide bonds. The van der Waals surface area contributed by atoms with Crippen molar-refractivity contribution < 1.29 is 8.83 Å². The number of rotatable bonds is 0. The Hall–Kier alpha value is -1.87. The molecule has 0 radical (unpaired) electrons. The summed E-state index contributed by atoms with van der Waals surface area (Å²) in [7, 11) is 0. The van der Waals surface area contributed by atoms with E-state index in [0.717, 1.165) is 53.2 Å². The third kappa shape index (κ3) is 1.69.